The fraction of sp³-hybridized carbons (Fsp3) is 0.920. The van der Waals surface area contributed by atoms with Gasteiger partial charge in [0.05, 0.1) is 12.2 Å². The minimum absolute atomic E-state index is 0.0172. The fourth-order valence-corrected chi connectivity index (χ4v) is 8.22. The molecular formula is C25H40O4. The van der Waals surface area contributed by atoms with Crippen LogP contribution >= 0.6 is 0 Å². The third kappa shape index (κ3) is 3.38. The van der Waals surface area contributed by atoms with Crippen molar-refractivity contribution >= 4 is 11.8 Å². The van der Waals surface area contributed by atoms with Gasteiger partial charge in [0.25, 0.3) is 0 Å². The molecule has 4 rings (SSSR count). The van der Waals surface area contributed by atoms with Crippen LogP contribution in [-0.2, 0) is 14.3 Å². The lowest BCUT2D eigenvalue weighted by Crippen LogP contribution is -2.56. The topological polar surface area (TPSA) is 63.6 Å². The van der Waals surface area contributed by atoms with Crippen LogP contribution in [0.5, 0.6) is 0 Å². The smallest absolute Gasteiger partial charge is 0.305 e. The normalized spacial score (nSPS) is 46.6. The number of hydrogen-bond donors (Lipinski definition) is 1. The Bertz CT molecular complexity index is 659. The summed E-state index contributed by atoms with van der Waals surface area (Å²) in [5.74, 6) is 2.94. The molecule has 0 radical (unpaired) electrons. The third-order valence-electron chi connectivity index (χ3n) is 10.1. The average molecular weight is 405 g/mol. The lowest BCUT2D eigenvalue weighted by Gasteiger charge is -2.61. The Kier molecular flexibility index (Phi) is 5.63. The van der Waals surface area contributed by atoms with Gasteiger partial charge in [0.2, 0.25) is 0 Å². The van der Waals surface area contributed by atoms with E-state index < -0.39 is 5.60 Å². The van der Waals surface area contributed by atoms with Gasteiger partial charge in [0, 0.05) is 19.3 Å². The molecule has 164 valence electrons. The van der Waals surface area contributed by atoms with Crippen LogP contribution in [-0.4, -0.2) is 29.1 Å². The summed E-state index contributed by atoms with van der Waals surface area (Å²) in [7, 11) is 0. The molecule has 0 bridgehead atoms. The van der Waals surface area contributed by atoms with E-state index in [1.54, 1.807) is 0 Å². The molecule has 4 aliphatic carbocycles. The molecule has 0 unspecified atom stereocenters. The molecule has 0 aromatic carbocycles. The van der Waals surface area contributed by atoms with Gasteiger partial charge in [0.1, 0.15) is 5.78 Å². The second-order valence-corrected chi connectivity index (χ2v) is 11.1. The number of Topliss-reactive ketones (excluding diaryl/α,β-unsaturated/α-hetero) is 1. The van der Waals surface area contributed by atoms with Crippen molar-refractivity contribution in [3.05, 3.63) is 0 Å². The highest BCUT2D eigenvalue weighted by Gasteiger charge is 2.64. The van der Waals surface area contributed by atoms with E-state index in [9.17, 15) is 14.7 Å². The number of ether oxygens (including phenoxy) is 1. The zero-order valence-corrected chi connectivity index (χ0v) is 18.7. The maximum Gasteiger partial charge on any atom is 0.305 e. The number of carbonyl (C=O) groups is 2. The molecule has 4 fully saturated rings. The Morgan fingerprint density at radius 2 is 1.86 bits per heavy atom. The molecule has 29 heavy (non-hydrogen) atoms. The first-order chi connectivity index (χ1) is 13.7. The molecule has 4 saturated carbocycles. The first-order valence-electron chi connectivity index (χ1n) is 12.1. The zero-order valence-electron chi connectivity index (χ0n) is 18.7. The molecule has 0 amide bonds. The quantitative estimate of drug-likeness (QED) is 0.514. The average Bonchev–Trinajstić information content (AvgIpc) is 2.97. The van der Waals surface area contributed by atoms with Crippen LogP contribution in [0.1, 0.15) is 97.8 Å². The molecule has 1 N–H and O–H groups in total. The summed E-state index contributed by atoms with van der Waals surface area (Å²) in [6.07, 6.45) is 11.3. The predicted octanol–water partition coefficient (Wildman–Crippen LogP) is 5.06. The zero-order chi connectivity index (χ0) is 20.9. The summed E-state index contributed by atoms with van der Waals surface area (Å²) in [6.45, 7) is 7.06. The van der Waals surface area contributed by atoms with Crippen LogP contribution in [0.4, 0.5) is 0 Å². The van der Waals surface area contributed by atoms with Crippen molar-refractivity contribution in [2.75, 3.05) is 6.61 Å². The van der Waals surface area contributed by atoms with Crippen LogP contribution in [0.15, 0.2) is 0 Å². The highest BCUT2D eigenvalue weighted by molar-refractivity contribution is 5.79. The SMILES string of the molecule is CCC(=O)OCCC[C@]1(O)CC[C@H]2[C@@H]3CC[C@H]4CC(=O)CC[C@]4(C)[C@H]3CC[C@@]21C. The number of hydrogen-bond acceptors (Lipinski definition) is 4. The number of esters is 1. The van der Waals surface area contributed by atoms with Gasteiger partial charge in [-0.05, 0) is 92.3 Å². The lowest BCUT2D eigenvalue weighted by atomic mass is 9.44. The molecule has 0 aromatic rings. The van der Waals surface area contributed by atoms with Crippen molar-refractivity contribution in [2.24, 2.45) is 34.5 Å². The van der Waals surface area contributed by atoms with Crippen LogP contribution in [0.2, 0.25) is 0 Å². The summed E-state index contributed by atoms with van der Waals surface area (Å²) in [4.78, 5) is 23.5. The number of aliphatic hydroxyl groups is 1. The lowest BCUT2D eigenvalue weighted by molar-refractivity contribution is -0.160. The molecule has 0 aliphatic heterocycles. The summed E-state index contributed by atoms with van der Waals surface area (Å²) in [5.41, 5.74) is -0.314. The Labute approximate surface area is 176 Å². The van der Waals surface area contributed by atoms with E-state index in [4.69, 9.17) is 4.74 Å². The van der Waals surface area contributed by atoms with Gasteiger partial charge in [-0.25, -0.2) is 0 Å². The van der Waals surface area contributed by atoms with Crippen molar-refractivity contribution in [3.8, 4) is 0 Å². The molecule has 0 heterocycles. The second kappa shape index (κ2) is 7.66. The van der Waals surface area contributed by atoms with Gasteiger partial charge in [-0.15, -0.1) is 0 Å². The molecule has 7 atom stereocenters. The second-order valence-electron chi connectivity index (χ2n) is 11.1. The maximum absolute atomic E-state index is 12.1. The molecule has 0 aromatic heterocycles. The Morgan fingerprint density at radius 3 is 2.62 bits per heavy atom. The van der Waals surface area contributed by atoms with E-state index in [0.717, 1.165) is 57.3 Å². The summed E-state index contributed by atoms with van der Waals surface area (Å²) in [5, 5.41) is 11.7. The van der Waals surface area contributed by atoms with Gasteiger partial charge < -0.3 is 9.84 Å². The molecule has 4 nitrogen and oxygen atoms in total. The maximum atomic E-state index is 12.1. The van der Waals surface area contributed by atoms with Gasteiger partial charge in [-0.3, -0.25) is 9.59 Å². The largest absolute Gasteiger partial charge is 0.466 e. The molecule has 4 aliphatic rings. The van der Waals surface area contributed by atoms with Gasteiger partial charge in [0.15, 0.2) is 0 Å². The first-order valence-corrected chi connectivity index (χ1v) is 12.1. The highest BCUT2D eigenvalue weighted by Crippen LogP contribution is 2.68. The van der Waals surface area contributed by atoms with E-state index in [-0.39, 0.29) is 11.4 Å². The van der Waals surface area contributed by atoms with E-state index in [1.807, 2.05) is 6.92 Å². The number of fused-ring (bicyclic) bond motifs is 5. The number of rotatable bonds is 5. The third-order valence-corrected chi connectivity index (χ3v) is 10.1. The van der Waals surface area contributed by atoms with Crippen molar-refractivity contribution < 1.29 is 19.4 Å². The molecule has 0 saturated heterocycles. The molecule has 0 spiro atoms. The van der Waals surface area contributed by atoms with Crippen molar-refractivity contribution in [3.63, 3.8) is 0 Å². The van der Waals surface area contributed by atoms with Crippen LogP contribution in [0.3, 0.4) is 0 Å². The molecule has 4 heteroatoms. The van der Waals surface area contributed by atoms with Crippen LogP contribution < -0.4 is 0 Å². The minimum Gasteiger partial charge on any atom is -0.466 e. The Hall–Kier alpha value is -0.900. The fourth-order valence-electron chi connectivity index (χ4n) is 8.22. The van der Waals surface area contributed by atoms with Gasteiger partial charge in [-0.2, -0.15) is 0 Å². The van der Waals surface area contributed by atoms with E-state index in [0.29, 0.717) is 42.0 Å². The number of carbonyl (C=O) groups excluding carboxylic acids is 2. The summed E-state index contributed by atoms with van der Waals surface area (Å²) < 4.78 is 5.25. The van der Waals surface area contributed by atoms with Gasteiger partial charge >= 0.3 is 5.97 Å². The van der Waals surface area contributed by atoms with Gasteiger partial charge in [-0.1, -0.05) is 20.8 Å². The van der Waals surface area contributed by atoms with E-state index in [2.05, 4.69) is 13.8 Å². The van der Waals surface area contributed by atoms with Crippen LogP contribution in [0.25, 0.3) is 0 Å². The predicted molar refractivity (Wildman–Crippen MR) is 112 cm³/mol. The number of ketones is 1. The molecular weight excluding hydrogens is 364 g/mol. The highest BCUT2D eigenvalue weighted by atomic mass is 16.5. The van der Waals surface area contributed by atoms with Crippen molar-refractivity contribution in [1.29, 1.82) is 0 Å². The van der Waals surface area contributed by atoms with E-state index in [1.165, 1.54) is 19.3 Å². The monoisotopic (exact) mass is 404 g/mol. The Balaban J connectivity index is 1.45. The first kappa shape index (κ1) is 21.3. The minimum atomic E-state index is -0.623. The summed E-state index contributed by atoms with van der Waals surface area (Å²) in [6, 6.07) is 0. The Morgan fingerprint density at radius 1 is 1.10 bits per heavy atom. The van der Waals surface area contributed by atoms with Crippen LogP contribution in [0, 0.1) is 34.5 Å². The van der Waals surface area contributed by atoms with E-state index >= 15 is 0 Å². The standard InChI is InChI=1S/C25H40O4/c1-4-22(27)29-15-5-11-25(28)14-10-21-19-7-6-17-16-18(26)8-12-23(17,2)20(19)9-13-24(21,25)3/h17,19-21,28H,4-16H2,1-3H3/t17-,19+,20-,21-,23-,24-,25-/m0/s1. The van der Waals surface area contributed by atoms with Crippen molar-refractivity contribution in [1.82, 2.24) is 0 Å². The summed E-state index contributed by atoms with van der Waals surface area (Å²) >= 11 is 0. The van der Waals surface area contributed by atoms with Crippen molar-refractivity contribution in [2.45, 2.75) is 103 Å².